The van der Waals surface area contributed by atoms with Crippen LogP contribution in [0.3, 0.4) is 0 Å². The molecule has 3 N–H and O–H groups in total. The second-order valence-electron chi connectivity index (χ2n) is 4.43. The molecule has 0 saturated heterocycles. The van der Waals surface area contributed by atoms with Crippen LogP contribution in [0.15, 0.2) is 24.3 Å². The predicted molar refractivity (Wildman–Crippen MR) is 65.4 cm³/mol. The molecule has 0 unspecified atom stereocenters. The quantitative estimate of drug-likeness (QED) is 0.740. The first kappa shape index (κ1) is 11.9. The number of aliphatic hydroxyl groups excluding tert-OH is 1. The second kappa shape index (κ2) is 5.68. The van der Waals surface area contributed by atoms with E-state index >= 15 is 0 Å². The molecule has 4 heteroatoms. The molecule has 2 rings (SSSR count). The van der Waals surface area contributed by atoms with Crippen molar-refractivity contribution in [2.45, 2.75) is 38.5 Å². The summed E-state index contributed by atoms with van der Waals surface area (Å²) in [6.45, 7) is 0.522. The number of hydrogen-bond donors (Lipinski definition) is 3. The summed E-state index contributed by atoms with van der Waals surface area (Å²) in [6, 6.07) is 7.82. The molecule has 0 heterocycles. The van der Waals surface area contributed by atoms with E-state index in [0.717, 1.165) is 24.0 Å². The Bertz CT molecular complexity index is 389. The van der Waals surface area contributed by atoms with Crippen molar-refractivity contribution in [2.24, 2.45) is 0 Å². The summed E-state index contributed by atoms with van der Waals surface area (Å²) in [6.07, 6.45) is 3.39. The third-order valence-corrected chi connectivity index (χ3v) is 3.07. The van der Waals surface area contributed by atoms with E-state index in [-0.39, 0.29) is 12.6 Å². The first-order chi connectivity index (χ1) is 8.28. The van der Waals surface area contributed by atoms with Crippen molar-refractivity contribution in [3.05, 3.63) is 35.4 Å². The van der Waals surface area contributed by atoms with Crippen LogP contribution in [0.1, 0.15) is 30.4 Å². The van der Waals surface area contributed by atoms with Crippen molar-refractivity contribution in [3.63, 3.8) is 0 Å². The average molecular weight is 234 g/mol. The van der Waals surface area contributed by atoms with Gasteiger partial charge in [-0.3, -0.25) is 0 Å². The van der Waals surface area contributed by atoms with E-state index in [9.17, 15) is 4.79 Å². The van der Waals surface area contributed by atoms with Crippen LogP contribution in [0.5, 0.6) is 0 Å². The SMILES string of the molecule is O=C(NCc1cccc(CO)c1)NC1CCC1. The highest BCUT2D eigenvalue weighted by molar-refractivity contribution is 5.74. The zero-order valence-electron chi connectivity index (χ0n) is 9.78. The van der Waals surface area contributed by atoms with Gasteiger partial charge in [-0.1, -0.05) is 24.3 Å². The highest BCUT2D eigenvalue weighted by atomic mass is 16.3. The van der Waals surface area contributed by atoms with E-state index in [2.05, 4.69) is 10.6 Å². The third kappa shape index (κ3) is 3.46. The molecule has 17 heavy (non-hydrogen) atoms. The maximum Gasteiger partial charge on any atom is 0.315 e. The summed E-state index contributed by atoms with van der Waals surface area (Å²) in [5, 5.41) is 14.7. The van der Waals surface area contributed by atoms with Crippen LogP contribution in [-0.4, -0.2) is 17.2 Å². The van der Waals surface area contributed by atoms with Crippen molar-refractivity contribution in [3.8, 4) is 0 Å². The Hall–Kier alpha value is -1.55. The average Bonchev–Trinajstić information content (AvgIpc) is 2.31. The molecule has 1 aromatic rings. The molecule has 0 bridgehead atoms. The van der Waals surface area contributed by atoms with E-state index in [1.54, 1.807) is 0 Å². The molecule has 2 amide bonds. The third-order valence-electron chi connectivity index (χ3n) is 3.07. The fourth-order valence-corrected chi connectivity index (χ4v) is 1.81. The van der Waals surface area contributed by atoms with Crippen LogP contribution in [0.25, 0.3) is 0 Å². The number of benzene rings is 1. The number of urea groups is 1. The van der Waals surface area contributed by atoms with Gasteiger partial charge in [0.15, 0.2) is 0 Å². The topological polar surface area (TPSA) is 61.4 Å². The van der Waals surface area contributed by atoms with Gasteiger partial charge in [0.05, 0.1) is 6.61 Å². The van der Waals surface area contributed by atoms with Gasteiger partial charge in [0.1, 0.15) is 0 Å². The summed E-state index contributed by atoms with van der Waals surface area (Å²) in [5.74, 6) is 0. The number of hydrogen-bond acceptors (Lipinski definition) is 2. The van der Waals surface area contributed by atoms with Crippen LogP contribution in [0.4, 0.5) is 4.79 Å². The summed E-state index contributed by atoms with van der Waals surface area (Å²) in [4.78, 5) is 11.5. The molecule has 92 valence electrons. The van der Waals surface area contributed by atoms with E-state index in [1.807, 2.05) is 24.3 Å². The molecule has 1 aliphatic carbocycles. The van der Waals surface area contributed by atoms with Crippen molar-refractivity contribution in [2.75, 3.05) is 0 Å². The Labute approximate surface area is 101 Å². The predicted octanol–water partition coefficient (Wildman–Crippen LogP) is 1.53. The minimum absolute atomic E-state index is 0.0299. The van der Waals surface area contributed by atoms with Crippen molar-refractivity contribution < 1.29 is 9.90 Å². The molecule has 1 fully saturated rings. The fraction of sp³-hybridized carbons (Fsp3) is 0.462. The zero-order valence-corrected chi connectivity index (χ0v) is 9.78. The lowest BCUT2D eigenvalue weighted by atomic mass is 9.93. The molecule has 0 aliphatic heterocycles. The first-order valence-corrected chi connectivity index (χ1v) is 6.01. The van der Waals surface area contributed by atoms with Gasteiger partial charge in [-0.15, -0.1) is 0 Å². The van der Waals surface area contributed by atoms with Crippen LogP contribution in [-0.2, 0) is 13.2 Å². The Morgan fingerprint density at radius 3 is 2.76 bits per heavy atom. The zero-order chi connectivity index (χ0) is 12.1. The van der Waals surface area contributed by atoms with Crippen molar-refractivity contribution >= 4 is 6.03 Å². The standard InChI is InChI=1S/C13H18N2O2/c16-9-11-4-1-3-10(7-11)8-14-13(17)15-12-5-2-6-12/h1,3-4,7,12,16H,2,5-6,8-9H2,(H2,14,15,17). The lowest BCUT2D eigenvalue weighted by molar-refractivity contribution is 0.228. The summed E-state index contributed by atoms with van der Waals surface area (Å²) >= 11 is 0. The maximum absolute atomic E-state index is 11.5. The number of carbonyl (C=O) groups excluding carboxylic acids is 1. The van der Waals surface area contributed by atoms with Gasteiger partial charge in [0.2, 0.25) is 0 Å². The number of nitrogens with one attached hydrogen (secondary N) is 2. The molecular formula is C13H18N2O2. The Balaban J connectivity index is 1.77. The largest absolute Gasteiger partial charge is 0.392 e. The molecule has 1 aliphatic rings. The number of rotatable bonds is 4. The van der Waals surface area contributed by atoms with Crippen molar-refractivity contribution in [1.82, 2.24) is 10.6 Å². The second-order valence-corrected chi connectivity index (χ2v) is 4.43. The van der Waals surface area contributed by atoms with Gasteiger partial charge in [-0.05, 0) is 30.4 Å². The highest BCUT2D eigenvalue weighted by Crippen LogP contribution is 2.17. The number of amides is 2. The highest BCUT2D eigenvalue weighted by Gasteiger charge is 2.18. The smallest absolute Gasteiger partial charge is 0.315 e. The van der Waals surface area contributed by atoms with E-state index < -0.39 is 0 Å². The van der Waals surface area contributed by atoms with E-state index in [0.29, 0.717) is 12.6 Å². The summed E-state index contributed by atoms with van der Waals surface area (Å²) in [7, 11) is 0. The van der Waals surface area contributed by atoms with Crippen LogP contribution in [0, 0.1) is 0 Å². The fourth-order valence-electron chi connectivity index (χ4n) is 1.81. The number of carbonyl (C=O) groups is 1. The lowest BCUT2D eigenvalue weighted by Gasteiger charge is -2.26. The normalized spacial score (nSPS) is 15.1. The molecule has 0 radical (unpaired) electrons. The van der Waals surface area contributed by atoms with Gasteiger partial charge in [-0.25, -0.2) is 4.79 Å². The molecular weight excluding hydrogens is 216 g/mol. The van der Waals surface area contributed by atoms with Gasteiger partial charge in [0.25, 0.3) is 0 Å². The van der Waals surface area contributed by atoms with E-state index in [4.69, 9.17) is 5.11 Å². The first-order valence-electron chi connectivity index (χ1n) is 6.01. The van der Waals surface area contributed by atoms with E-state index in [1.165, 1.54) is 6.42 Å². The summed E-state index contributed by atoms with van der Waals surface area (Å²) < 4.78 is 0. The molecule has 1 saturated carbocycles. The monoisotopic (exact) mass is 234 g/mol. The minimum atomic E-state index is -0.107. The Morgan fingerprint density at radius 1 is 1.35 bits per heavy atom. The Kier molecular flexibility index (Phi) is 3.98. The van der Waals surface area contributed by atoms with Gasteiger partial charge < -0.3 is 15.7 Å². The molecule has 0 spiro atoms. The molecule has 1 aromatic carbocycles. The maximum atomic E-state index is 11.5. The minimum Gasteiger partial charge on any atom is -0.392 e. The van der Waals surface area contributed by atoms with Gasteiger partial charge in [0, 0.05) is 12.6 Å². The molecule has 4 nitrogen and oxygen atoms in total. The van der Waals surface area contributed by atoms with Crippen LogP contribution in [0.2, 0.25) is 0 Å². The van der Waals surface area contributed by atoms with Crippen molar-refractivity contribution in [1.29, 1.82) is 0 Å². The van der Waals surface area contributed by atoms with Crippen LogP contribution < -0.4 is 10.6 Å². The summed E-state index contributed by atoms with van der Waals surface area (Å²) in [5.41, 5.74) is 1.86. The molecule has 0 atom stereocenters. The molecule has 0 aromatic heterocycles. The number of aliphatic hydroxyl groups is 1. The van der Waals surface area contributed by atoms with Gasteiger partial charge >= 0.3 is 6.03 Å². The Morgan fingerprint density at radius 2 is 2.12 bits per heavy atom. The van der Waals surface area contributed by atoms with Crippen LogP contribution >= 0.6 is 0 Å². The van der Waals surface area contributed by atoms with Gasteiger partial charge in [-0.2, -0.15) is 0 Å². The lowest BCUT2D eigenvalue weighted by Crippen LogP contribution is -2.44.